The molecule has 0 aliphatic carbocycles. The van der Waals surface area contributed by atoms with E-state index in [1.54, 1.807) is 0 Å². The van der Waals surface area contributed by atoms with Gasteiger partial charge in [-0.3, -0.25) is 0 Å². The average molecular weight is 214 g/mol. The number of likely N-dealkylation sites (N-methyl/N-ethyl adjacent to an activating group) is 1. The maximum atomic E-state index is 2.30. The molecule has 0 unspecified atom stereocenters. The minimum Gasteiger partial charge on any atom is -0.374 e. The quantitative estimate of drug-likeness (QED) is 0.640. The SMILES string of the molecule is Br.CN1CCc2ccccc21. The molecule has 2 rings (SSSR count). The number of hydrogen-bond acceptors (Lipinski definition) is 1. The molecule has 0 radical (unpaired) electrons. The highest BCUT2D eigenvalue weighted by atomic mass is 79.9. The van der Waals surface area contributed by atoms with Gasteiger partial charge in [0.15, 0.2) is 0 Å². The number of halogens is 1. The van der Waals surface area contributed by atoms with Gasteiger partial charge in [-0.2, -0.15) is 0 Å². The van der Waals surface area contributed by atoms with Crippen molar-refractivity contribution in [3.8, 4) is 0 Å². The van der Waals surface area contributed by atoms with Crippen molar-refractivity contribution in [2.45, 2.75) is 6.42 Å². The largest absolute Gasteiger partial charge is 0.374 e. The lowest BCUT2D eigenvalue weighted by Crippen LogP contribution is -2.12. The lowest BCUT2D eigenvalue weighted by Gasteiger charge is -2.10. The predicted octanol–water partition coefficient (Wildman–Crippen LogP) is 2.26. The first-order chi connectivity index (χ1) is 4.88. The van der Waals surface area contributed by atoms with Gasteiger partial charge in [0.05, 0.1) is 0 Å². The third kappa shape index (κ3) is 1.41. The van der Waals surface area contributed by atoms with E-state index < -0.39 is 0 Å². The van der Waals surface area contributed by atoms with Crippen molar-refractivity contribution in [1.82, 2.24) is 0 Å². The minimum absolute atomic E-state index is 0. The molecule has 0 fully saturated rings. The van der Waals surface area contributed by atoms with Crippen LogP contribution in [0.5, 0.6) is 0 Å². The van der Waals surface area contributed by atoms with Crippen molar-refractivity contribution in [2.24, 2.45) is 0 Å². The normalized spacial score (nSPS) is 14.1. The molecule has 0 atom stereocenters. The summed E-state index contributed by atoms with van der Waals surface area (Å²) in [5.41, 5.74) is 2.90. The Hall–Kier alpha value is -0.500. The summed E-state index contributed by atoms with van der Waals surface area (Å²) in [4.78, 5) is 2.30. The third-order valence-corrected chi connectivity index (χ3v) is 2.12. The van der Waals surface area contributed by atoms with Crippen LogP contribution in [0, 0.1) is 0 Å². The Bertz CT molecular complexity index is 247. The highest BCUT2D eigenvalue weighted by Gasteiger charge is 2.12. The fraction of sp³-hybridized carbons (Fsp3) is 0.333. The first kappa shape index (κ1) is 8.60. The fourth-order valence-corrected chi connectivity index (χ4v) is 1.50. The Labute approximate surface area is 77.8 Å². The van der Waals surface area contributed by atoms with Crippen molar-refractivity contribution in [1.29, 1.82) is 0 Å². The summed E-state index contributed by atoms with van der Waals surface area (Å²) in [6, 6.07) is 8.60. The average Bonchev–Trinajstić information content (AvgIpc) is 2.34. The van der Waals surface area contributed by atoms with Crippen molar-refractivity contribution in [3.63, 3.8) is 0 Å². The fourth-order valence-electron chi connectivity index (χ4n) is 1.50. The van der Waals surface area contributed by atoms with Gasteiger partial charge in [-0.25, -0.2) is 0 Å². The van der Waals surface area contributed by atoms with Crippen molar-refractivity contribution < 1.29 is 0 Å². The van der Waals surface area contributed by atoms with Gasteiger partial charge in [0.1, 0.15) is 0 Å². The maximum absolute atomic E-state index is 2.30. The third-order valence-electron chi connectivity index (χ3n) is 2.12. The summed E-state index contributed by atoms with van der Waals surface area (Å²) in [7, 11) is 2.14. The van der Waals surface area contributed by atoms with E-state index in [4.69, 9.17) is 0 Å². The molecule has 0 N–H and O–H groups in total. The topological polar surface area (TPSA) is 3.24 Å². The molecule has 0 aromatic heterocycles. The minimum atomic E-state index is 0. The number of anilines is 1. The van der Waals surface area contributed by atoms with Crippen molar-refractivity contribution in [3.05, 3.63) is 29.8 Å². The van der Waals surface area contributed by atoms with Crippen LogP contribution >= 0.6 is 17.0 Å². The van der Waals surface area contributed by atoms with E-state index in [0.29, 0.717) is 0 Å². The molecule has 1 aromatic carbocycles. The summed E-state index contributed by atoms with van der Waals surface area (Å²) in [6.07, 6.45) is 1.21. The van der Waals surface area contributed by atoms with Crippen LogP contribution in [0.4, 0.5) is 5.69 Å². The molecule has 1 nitrogen and oxygen atoms in total. The molecule has 11 heavy (non-hydrogen) atoms. The number of hydrogen-bond donors (Lipinski definition) is 0. The lowest BCUT2D eigenvalue weighted by atomic mass is 10.2. The molecule has 0 spiro atoms. The molecule has 1 aliphatic heterocycles. The van der Waals surface area contributed by atoms with Crippen LogP contribution in [0.1, 0.15) is 5.56 Å². The molecular formula is C9H12BrN. The second-order valence-electron chi connectivity index (χ2n) is 2.80. The van der Waals surface area contributed by atoms with E-state index in [1.807, 2.05) is 0 Å². The Morgan fingerprint density at radius 3 is 2.73 bits per heavy atom. The van der Waals surface area contributed by atoms with E-state index in [-0.39, 0.29) is 17.0 Å². The van der Waals surface area contributed by atoms with Crippen LogP contribution in [0.15, 0.2) is 24.3 Å². The van der Waals surface area contributed by atoms with Crippen molar-refractivity contribution >= 4 is 22.7 Å². The molecule has 1 aliphatic rings. The van der Waals surface area contributed by atoms with Crippen LogP contribution in [0.3, 0.4) is 0 Å². The van der Waals surface area contributed by atoms with Gasteiger partial charge in [0.25, 0.3) is 0 Å². The zero-order valence-corrected chi connectivity index (χ0v) is 8.29. The Kier molecular flexibility index (Phi) is 2.55. The van der Waals surface area contributed by atoms with Gasteiger partial charge in [-0.1, -0.05) is 18.2 Å². The van der Waals surface area contributed by atoms with Crippen LogP contribution in [0.25, 0.3) is 0 Å². The molecule has 0 bridgehead atoms. The van der Waals surface area contributed by atoms with Crippen LogP contribution in [-0.4, -0.2) is 13.6 Å². The van der Waals surface area contributed by atoms with E-state index in [1.165, 1.54) is 24.2 Å². The Morgan fingerprint density at radius 2 is 2.00 bits per heavy atom. The summed E-state index contributed by atoms with van der Waals surface area (Å²) in [6.45, 7) is 1.18. The number of para-hydroxylation sites is 1. The number of nitrogens with zero attached hydrogens (tertiary/aromatic N) is 1. The summed E-state index contributed by atoms with van der Waals surface area (Å²) in [5, 5.41) is 0. The zero-order valence-electron chi connectivity index (χ0n) is 6.58. The summed E-state index contributed by atoms with van der Waals surface area (Å²) in [5.74, 6) is 0. The standard InChI is InChI=1S/C9H11N.BrH/c1-10-7-6-8-4-2-3-5-9(8)10;/h2-5H,6-7H2,1H3;1H. The van der Waals surface area contributed by atoms with Gasteiger partial charge in [-0.15, -0.1) is 17.0 Å². The monoisotopic (exact) mass is 213 g/mol. The molecule has 0 amide bonds. The molecular weight excluding hydrogens is 202 g/mol. The first-order valence-electron chi connectivity index (χ1n) is 3.67. The van der Waals surface area contributed by atoms with E-state index in [9.17, 15) is 0 Å². The van der Waals surface area contributed by atoms with Crippen LogP contribution in [-0.2, 0) is 6.42 Å². The van der Waals surface area contributed by atoms with E-state index in [0.717, 1.165) is 0 Å². The molecule has 1 aromatic rings. The highest BCUT2D eigenvalue weighted by molar-refractivity contribution is 8.93. The Morgan fingerprint density at radius 1 is 1.27 bits per heavy atom. The zero-order chi connectivity index (χ0) is 6.97. The van der Waals surface area contributed by atoms with Gasteiger partial charge < -0.3 is 4.90 Å². The second-order valence-corrected chi connectivity index (χ2v) is 2.80. The molecule has 60 valence electrons. The number of fused-ring (bicyclic) bond motifs is 1. The number of benzene rings is 1. The molecule has 2 heteroatoms. The molecule has 0 saturated carbocycles. The summed E-state index contributed by atoms with van der Waals surface area (Å²) >= 11 is 0. The van der Waals surface area contributed by atoms with E-state index in [2.05, 4.69) is 36.2 Å². The predicted molar refractivity (Wildman–Crippen MR) is 53.7 cm³/mol. The van der Waals surface area contributed by atoms with Gasteiger partial charge in [-0.05, 0) is 18.1 Å². The molecule has 0 saturated heterocycles. The molecule has 1 heterocycles. The van der Waals surface area contributed by atoms with Crippen molar-refractivity contribution in [2.75, 3.05) is 18.5 Å². The number of rotatable bonds is 0. The van der Waals surface area contributed by atoms with Crippen LogP contribution < -0.4 is 4.90 Å². The maximum Gasteiger partial charge on any atom is 0.0396 e. The first-order valence-corrected chi connectivity index (χ1v) is 3.67. The highest BCUT2D eigenvalue weighted by Crippen LogP contribution is 2.25. The Balaban J connectivity index is 0.000000605. The smallest absolute Gasteiger partial charge is 0.0396 e. The van der Waals surface area contributed by atoms with Gasteiger partial charge in [0, 0.05) is 19.3 Å². The van der Waals surface area contributed by atoms with Crippen LogP contribution in [0.2, 0.25) is 0 Å². The van der Waals surface area contributed by atoms with Gasteiger partial charge in [0.2, 0.25) is 0 Å². The van der Waals surface area contributed by atoms with E-state index >= 15 is 0 Å². The van der Waals surface area contributed by atoms with Gasteiger partial charge >= 0.3 is 0 Å². The summed E-state index contributed by atoms with van der Waals surface area (Å²) < 4.78 is 0. The second kappa shape index (κ2) is 3.26. The lowest BCUT2D eigenvalue weighted by molar-refractivity contribution is 0.956.